The molecule has 0 amide bonds. The summed E-state index contributed by atoms with van der Waals surface area (Å²) in [6, 6.07) is 63.5. The summed E-state index contributed by atoms with van der Waals surface area (Å²) in [5.74, 6) is 0. The van der Waals surface area contributed by atoms with Crippen LogP contribution in [-0.2, 0) is 0 Å². The first-order chi connectivity index (χ1) is 25.3. The molecule has 0 radical (unpaired) electrons. The largest absolute Gasteiger partial charge is 0.309 e. The normalized spacial score (nSPS) is 11.9. The molecule has 0 spiro atoms. The van der Waals surface area contributed by atoms with Crippen LogP contribution in [0.3, 0.4) is 0 Å². The summed E-state index contributed by atoms with van der Waals surface area (Å²) in [6.45, 7) is 0. The summed E-state index contributed by atoms with van der Waals surface area (Å²) in [6.07, 6.45) is 0. The van der Waals surface area contributed by atoms with Crippen LogP contribution in [0, 0.1) is 0 Å². The first kappa shape index (κ1) is 28.4. The molecular formula is C47H29N3S. The average Bonchev–Trinajstić information content (AvgIpc) is 3.83. The Bertz CT molecular complexity index is 3110. The molecule has 238 valence electrons. The van der Waals surface area contributed by atoms with Gasteiger partial charge in [0.2, 0.25) is 0 Å². The second kappa shape index (κ2) is 11.0. The highest BCUT2D eigenvalue weighted by Crippen LogP contribution is 2.43. The van der Waals surface area contributed by atoms with E-state index >= 15 is 0 Å². The Morgan fingerprint density at radius 3 is 1.69 bits per heavy atom. The van der Waals surface area contributed by atoms with Gasteiger partial charge in [-0.1, -0.05) is 103 Å². The van der Waals surface area contributed by atoms with E-state index < -0.39 is 0 Å². The van der Waals surface area contributed by atoms with Crippen LogP contribution in [0.2, 0.25) is 0 Å². The summed E-state index contributed by atoms with van der Waals surface area (Å²) >= 11 is 1.88. The van der Waals surface area contributed by atoms with E-state index in [0.29, 0.717) is 0 Å². The number of aromatic nitrogens is 3. The summed E-state index contributed by atoms with van der Waals surface area (Å²) < 4.78 is 7.52. The zero-order chi connectivity index (χ0) is 33.5. The fourth-order valence-electron chi connectivity index (χ4n) is 7.98. The topological polar surface area (TPSA) is 22.8 Å². The molecule has 51 heavy (non-hydrogen) atoms. The number of rotatable bonds is 4. The fourth-order valence-corrected chi connectivity index (χ4v) is 9.10. The van der Waals surface area contributed by atoms with Crippen LogP contribution < -0.4 is 0 Å². The van der Waals surface area contributed by atoms with E-state index in [2.05, 4.69) is 179 Å². The Morgan fingerprint density at radius 1 is 0.333 bits per heavy atom. The molecule has 0 aliphatic carbocycles. The zero-order valence-corrected chi connectivity index (χ0v) is 28.3. The number of thiophene rings is 1. The second-order valence-electron chi connectivity index (χ2n) is 13.2. The lowest BCUT2D eigenvalue weighted by atomic mass is 10.1. The number of para-hydroxylation sites is 2. The van der Waals surface area contributed by atoms with Crippen molar-refractivity contribution in [2.24, 2.45) is 0 Å². The highest BCUT2D eigenvalue weighted by Gasteiger charge is 2.20. The quantitative estimate of drug-likeness (QED) is 0.183. The van der Waals surface area contributed by atoms with Gasteiger partial charge >= 0.3 is 0 Å². The molecule has 4 aromatic heterocycles. The summed E-state index contributed by atoms with van der Waals surface area (Å²) in [4.78, 5) is 5.02. The predicted octanol–water partition coefficient (Wildman–Crippen LogP) is 13.0. The van der Waals surface area contributed by atoms with Gasteiger partial charge in [-0.25, -0.2) is 4.98 Å². The van der Waals surface area contributed by atoms with Gasteiger partial charge in [0, 0.05) is 64.2 Å². The fraction of sp³-hybridized carbons (Fsp3) is 0. The molecule has 0 N–H and O–H groups in total. The molecule has 0 fully saturated rings. The number of benzene rings is 7. The first-order valence-corrected chi connectivity index (χ1v) is 18.1. The predicted molar refractivity (Wildman–Crippen MR) is 217 cm³/mol. The van der Waals surface area contributed by atoms with Crippen molar-refractivity contribution in [2.75, 3.05) is 0 Å². The van der Waals surface area contributed by atoms with Gasteiger partial charge in [0.05, 0.1) is 33.5 Å². The van der Waals surface area contributed by atoms with Crippen molar-refractivity contribution in [1.82, 2.24) is 14.1 Å². The first-order valence-electron chi connectivity index (χ1n) is 17.3. The molecule has 0 saturated heterocycles. The van der Waals surface area contributed by atoms with Crippen LogP contribution >= 0.6 is 11.3 Å². The van der Waals surface area contributed by atoms with E-state index in [9.17, 15) is 0 Å². The number of hydrogen-bond donors (Lipinski definition) is 0. The summed E-state index contributed by atoms with van der Waals surface area (Å²) in [5, 5.41) is 7.68. The van der Waals surface area contributed by atoms with Crippen LogP contribution in [0.15, 0.2) is 176 Å². The maximum absolute atomic E-state index is 5.02. The molecule has 7 aromatic carbocycles. The molecule has 0 atom stereocenters. The van der Waals surface area contributed by atoms with E-state index in [1.165, 1.54) is 63.8 Å². The maximum Gasteiger partial charge on any atom is 0.0709 e. The van der Waals surface area contributed by atoms with Gasteiger partial charge in [-0.15, -0.1) is 11.3 Å². The third-order valence-electron chi connectivity index (χ3n) is 10.3. The Labute approximate surface area is 297 Å². The number of fused-ring (bicyclic) bond motifs is 9. The molecule has 4 heterocycles. The smallest absolute Gasteiger partial charge is 0.0709 e. The highest BCUT2D eigenvalue weighted by atomic mass is 32.1. The van der Waals surface area contributed by atoms with Crippen molar-refractivity contribution in [1.29, 1.82) is 0 Å². The van der Waals surface area contributed by atoms with Gasteiger partial charge in [-0.05, 0) is 72.8 Å². The van der Waals surface area contributed by atoms with Crippen molar-refractivity contribution < 1.29 is 0 Å². The molecule has 0 aliphatic rings. The lowest BCUT2D eigenvalue weighted by molar-refractivity contribution is 1.16. The van der Waals surface area contributed by atoms with Crippen molar-refractivity contribution in [3.8, 4) is 33.9 Å². The minimum absolute atomic E-state index is 0.965. The molecule has 0 aliphatic heterocycles. The number of nitrogens with zero attached hydrogens (tertiary/aromatic N) is 3. The van der Waals surface area contributed by atoms with Crippen molar-refractivity contribution in [3.63, 3.8) is 0 Å². The minimum Gasteiger partial charge on any atom is -0.309 e. The van der Waals surface area contributed by atoms with E-state index in [4.69, 9.17) is 4.98 Å². The number of pyridine rings is 1. The van der Waals surface area contributed by atoms with Gasteiger partial charge in [-0.3, -0.25) is 0 Å². The van der Waals surface area contributed by atoms with E-state index in [-0.39, 0.29) is 0 Å². The SMILES string of the molecule is c1ccc(-c2cccc(-c3ccc(-n4c5ccccc5c5cc6c7cc8sc9ccccc9c8cc7n(-c7ccccc7)c6cc54)cc3)n2)cc1. The highest BCUT2D eigenvalue weighted by molar-refractivity contribution is 7.25. The molecular weight excluding hydrogens is 639 g/mol. The molecule has 0 unspecified atom stereocenters. The molecule has 0 bridgehead atoms. The van der Waals surface area contributed by atoms with Crippen LogP contribution in [0.5, 0.6) is 0 Å². The third kappa shape index (κ3) is 4.33. The minimum atomic E-state index is 0.965. The van der Waals surface area contributed by atoms with Crippen molar-refractivity contribution in [3.05, 3.63) is 176 Å². The standard InChI is InChI=1S/C47H29N3S/c1-3-12-30(13-4-1)40-18-11-19-41(48-40)31-22-24-33(25-23-31)49-42-20-9-7-16-34(42)36-26-37-38-28-47-39(35-17-8-10-21-46(35)51-47)27-43(38)50(45(37)29-44(36)49)32-14-5-2-6-15-32/h1-29H. The van der Waals surface area contributed by atoms with Gasteiger partial charge in [0.25, 0.3) is 0 Å². The van der Waals surface area contributed by atoms with Crippen molar-refractivity contribution in [2.45, 2.75) is 0 Å². The lowest BCUT2D eigenvalue weighted by Crippen LogP contribution is -1.96. The molecule has 0 saturated carbocycles. The summed E-state index contributed by atoms with van der Waals surface area (Å²) in [7, 11) is 0. The second-order valence-corrected chi connectivity index (χ2v) is 14.3. The Morgan fingerprint density at radius 2 is 0.902 bits per heavy atom. The van der Waals surface area contributed by atoms with E-state index in [1.807, 2.05) is 17.4 Å². The van der Waals surface area contributed by atoms with Gasteiger partial charge in [0.1, 0.15) is 0 Å². The van der Waals surface area contributed by atoms with Gasteiger partial charge in [0.15, 0.2) is 0 Å². The van der Waals surface area contributed by atoms with Crippen LogP contribution in [0.1, 0.15) is 0 Å². The average molecular weight is 668 g/mol. The Balaban J connectivity index is 1.15. The Kier molecular flexibility index (Phi) is 6.12. The third-order valence-corrected chi connectivity index (χ3v) is 11.4. The molecule has 11 aromatic rings. The maximum atomic E-state index is 5.02. The molecule has 11 rings (SSSR count). The van der Waals surface area contributed by atoms with Crippen LogP contribution in [0.25, 0.3) is 97.7 Å². The monoisotopic (exact) mass is 667 g/mol. The summed E-state index contributed by atoms with van der Waals surface area (Å²) in [5.41, 5.74) is 11.2. The van der Waals surface area contributed by atoms with Crippen LogP contribution in [0.4, 0.5) is 0 Å². The molecule has 4 heteroatoms. The van der Waals surface area contributed by atoms with E-state index in [0.717, 1.165) is 33.9 Å². The van der Waals surface area contributed by atoms with Crippen LogP contribution in [-0.4, -0.2) is 14.1 Å². The number of hydrogen-bond acceptors (Lipinski definition) is 2. The van der Waals surface area contributed by atoms with Gasteiger partial charge in [-0.2, -0.15) is 0 Å². The van der Waals surface area contributed by atoms with Gasteiger partial charge < -0.3 is 9.13 Å². The van der Waals surface area contributed by atoms with Crippen molar-refractivity contribution >= 4 is 75.1 Å². The Hall–Kier alpha value is -6.49. The molecule has 3 nitrogen and oxygen atoms in total. The van der Waals surface area contributed by atoms with E-state index in [1.54, 1.807) is 0 Å². The lowest BCUT2D eigenvalue weighted by Gasteiger charge is -2.11. The zero-order valence-electron chi connectivity index (χ0n) is 27.5.